The molecule has 0 spiro atoms. The van der Waals surface area contributed by atoms with Crippen molar-refractivity contribution >= 4 is 0 Å². The molecule has 0 atom stereocenters. The summed E-state index contributed by atoms with van der Waals surface area (Å²) in [6, 6.07) is 0. The summed E-state index contributed by atoms with van der Waals surface area (Å²) in [4.78, 5) is 2.37. The second-order valence-electron chi connectivity index (χ2n) is 3.88. The van der Waals surface area contributed by atoms with Crippen LogP contribution >= 0.6 is 0 Å². The van der Waals surface area contributed by atoms with Crippen LogP contribution in [0.5, 0.6) is 0 Å². The molecule has 2 heterocycles. The molecule has 1 fully saturated rings. The molecule has 0 N–H and O–H groups in total. The third-order valence-corrected chi connectivity index (χ3v) is 2.83. The largest absolute Gasteiger partial charge is 0.320 e. The Morgan fingerprint density at radius 3 is 2.54 bits per heavy atom. The van der Waals surface area contributed by atoms with Gasteiger partial charge in [0.15, 0.2) is 0 Å². The van der Waals surface area contributed by atoms with E-state index >= 15 is 0 Å². The summed E-state index contributed by atoms with van der Waals surface area (Å²) in [7, 11) is 4.19. The van der Waals surface area contributed by atoms with Gasteiger partial charge in [-0.1, -0.05) is 0 Å². The predicted molar refractivity (Wildman–Crippen MR) is 50.5 cm³/mol. The van der Waals surface area contributed by atoms with Crippen LogP contribution in [-0.2, 0) is 7.05 Å². The average molecular weight is 180 g/mol. The molecule has 0 saturated carbocycles. The van der Waals surface area contributed by atoms with Crippen molar-refractivity contribution < 1.29 is 0 Å². The standard InChI is InChI=1S/C9H16N4/c1-12-5-3-8(4-6-12)9-11-10-7-13(9)2/h7-8H,3-6H2,1-2H3. The van der Waals surface area contributed by atoms with Crippen LogP contribution in [0.25, 0.3) is 0 Å². The zero-order valence-electron chi connectivity index (χ0n) is 8.27. The second-order valence-corrected chi connectivity index (χ2v) is 3.88. The molecule has 0 aromatic carbocycles. The van der Waals surface area contributed by atoms with Crippen molar-refractivity contribution in [3.8, 4) is 0 Å². The Labute approximate surface area is 78.6 Å². The van der Waals surface area contributed by atoms with Crippen molar-refractivity contribution in [2.24, 2.45) is 7.05 Å². The lowest BCUT2D eigenvalue weighted by Crippen LogP contribution is -2.30. The van der Waals surface area contributed by atoms with Crippen LogP contribution < -0.4 is 0 Å². The fourth-order valence-electron chi connectivity index (χ4n) is 1.93. The van der Waals surface area contributed by atoms with Gasteiger partial charge in [-0.25, -0.2) is 0 Å². The zero-order chi connectivity index (χ0) is 9.26. The lowest BCUT2D eigenvalue weighted by Gasteiger charge is -2.27. The summed E-state index contributed by atoms with van der Waals surface area (Å²) in [5.41, 5.74) is 0. The third kappa shape index (κ3) is 1.72. The Hall–Kier alpha value is -0.900. The Bertz CT molecular complexity index is 273. The molecule has 1 aliphatic rings. The van der Waals surface area contributed by atoms with E-state index in [1.807, 2.05) is 11.6 Å². The predicted octanol–water partition coefficient (Wildman–Crippen LogP) is 0.624. The summed E-state index contributed by atoms with van der Waals surface area (Å²) in [5, 5.41) is 8.07. The van der Waals surface area contributed by atoms with Gasteiger partial charge in [0.1, 0.15) is 12.2 Å². The van der Waals surface area contributed by atoms with Crippen molar-refractivity contribution in [1.82, 2.24) is 19.7 Å². The van der Waals surface area contributed by atoms with Gasteiger partial charge in [-0.05, 0) is 33.0 Å². The monoisotopic (exact) mass is 180 g/mol. The maximum Gasteiger partial charge on any atom is 0.135 e. The van der Waals surface area contributed by atoms with E-state index in [2.05, 4.69) is 22.1 Å². The van der Waals surface area contributed by atoms with Gasteiger partial charge < -0.3 is 9.47 Å². The first-order valence-corrected chi connectivity index (χ1v) is 4.80. The third-order valence-electron chi connectivity index (χ3n) is 2.83. The van der Waals surface area contributed by atoms with Gasteiger partial charge in [-0.3, -0.25) is 0 Å². The minimum absolute atomic E-state index is 0.615. The average Bonchev–Trinajstić information content (AvgIpc) is 2.53. The molecule has 13 heavy (non-hydrogen) atoms. The van der Waals surface area contributed by atoms with Gasteiger partial charge in [0, 0.05) is 13.0 Å². The van der Waals surface area contributed by atoms with Crippen LogP contribution in [-0.4, -0.2) is 39.8 Å². The van der Waals surface area contributed by atoms with Crippen LogP contribution in [0.2, 0.25) is 0 Å². The highest BCUT2D eigenvalue weighted by Gasteiger charge is 2.21. The smallest absolute Gasteiger partial charge is 0.135 e. The molecule has 0 unspecified atom stereocenters. The SMILES string of the molecule is CN1CCC(c2nncn2C)CC1. The highest BCUT2D eigenvalue weighted by Crippen LogP contribution is 2.24. The van der Waals surface area contributed by atoms with Crippen molar-refractivity contribution in [3.05, 3.63) is 12.2 Å². The fourth-order valence-corrected chi connectivity index (χ4v) is 1.93. The maximum atomic E-state index is 4.16. The molecule has 0 bridgehead atoms. The molecule has 0 amide bonds. The van der Waals surface area contributed by atoms with Crippen LogP contribution in [0.15, 0.2) is 6.33 Å². The van der Waals surface area contributed by atoms with Crippen molar-refractivity contribution in [2.75, 3.05) is 20.1 Å². The number of hydrogen-bond acceptors (Lipinski definition) is 3. The highest BCUT2D eigenvalue weighted by molar-refractivity contribution is 4.97. The van der Waals surface area contributed by atoms with E-state index in [1.54, 1.807) is 6.33 Å². The normalized spacial score (nSPS) is 20.8. The minimum atomic E-state index is 0.615. The fraction of sp³-hybridized carbons (Fsp3) is 0.778. The zero-order valence-corrected chi connectivity index (χ0v) is 8.27. The van der Waals surface area contributed by atoms with E-state index in [0.717, 1.165) is 5.82 Å². The number of rotatable bonds is 1. The first-order valence-electron chi connectivity index (χ1n) is 4.80. The van der Waals surface area contributed by atoms with E-state index in [1.165, 1.54) is 25.9 Å². The van der Waals surface area contributed by atoms with Crippen LogP contribution in [0, 0.1) is 0 Å². The molecule has 1 aromatic rings. The van der Waals surface area contributed by atoms with E-state index in [0.29, 0.717) is 5.92 Å². The van der Waals surface area contributed by atoms with Crippen LogP contribution in [0.4, 0.5) is 0 Å². The molecule has 1 aliphatic heterocycles. The number of aromatic nitrogens is 3. The van der Waals surface area contributed by atoms with Gasteiger partial charge in [0.2, 0.25) is 0 Å². The second kappa shape index (κ2) is 3.46. The lowest BCUT2D eigenvalue weighted by molar-refractivity contribution is 0.249. The number of piperidine rings is 1. The molecule has 2 rings (SSSR count). The van der Waals surface area contributed by atoms with Gasteiger partial charge in [-0.15, -0.1) is 10.2 Å². The number of hydrogen-bond donors (Lipinski definition) is 0. The molecule has 1 aromatic heterocycles. The first kappa shape index (κ1) is 8.69. The molecule has 4 nitrogen and oxygen atoms in total. The van der Waals surface area contributed by atoms with Gasteiger partial charge in [-0.2, -0.15) is 0 Å². The summed E-state index contributed by atoms with van der Waals surface area (Å²) >= 11 is 0. The highest BCUT2D eigenvalue weighted by atomic mass is 15.3. The maximum absolute atomic E-state index is 4.16. The summed E-state index contributed by atoms with van der Waals surface area (Å²) in [5.74, 6) is 1.76. The Balaban J connectivity index is 2.06. The van der Waals surface area contributed by atoms with Crippen molar-refractivity contribution in [3.63, 3.8) is 0 Å². The molecule has 72 valence electrons. The molecule has 0 aliphatic carbocycles. The van der Waals surface area contributed by atoms with E-state index in [-0.39, 0.29) is 0 Å². The summed E-state index contributed by atoms with van der Waals surface area (Å²) in [6.45, 7) is 2.36. The number of aryl methyl sites for hydroxylation is 1. The Kier molecular flexibility index (Phi) is 2.31. The minimum Gasteiger partial charge on any atom is -0.320 e. The Morgan fingerprint density at radius 2 is 2.00 bits per heavy atom. The molecular weight excluding hydrogens is 164 g/mol. The van der Waals surface area contributed by atoms with E-state index in [4.69, 9.17) is 0 Å². The van der Waals surface area contributed by atoms with Gasteiger partial charge >= 0.3 is 0 Å². The molecule has 1 saturated heterocycles. The quantitative estimate of drug-likeness (QED) is 0.635. The molecule has 0 radical (unpaired) electrons. The molecular formula is C9H16N4. The number of nitrogens with zero attached hydrogens (tertiary/aromatic N) is 4. The van der Waals surface area contributed by atoms with Gasteiger partial charge in [0.25, 0.3) is 0 Å². The van der Waals surface area contributed by atoms with Crippen LogP contribution in [0.1, 0.15) is 24.6 Å². The lowest BCUT2D eigenvalue weighted by atomic mass is 9.96. The molecule has 4 heteroatoms. The van der Waals surface area contributed by atoms with E-state index in [9.17, 15) is 0 Å². The van der Waals surface area contributed by atoms with Gasteiger partial charge in [0.05, 0.1) is 0 Å². The topological polar surface area (TPSA) is 34.0 Å². The summed E-state index contributed by atoms with van der Waals surface area (Å²) in [6.07, 6.45) is 4.21. The van der Waals surface area contributed by atoms with Crippen LogP contribution in [0.3, 0.4) is 0 Å². The van der Waals surface area contributed by atoms with Crippen molar-refractivity contribution in [2.45, 2.75) is 18.8 Å². The first-order chi connectivity index (χ1) is 6.27. The van der Waals surface area contributed by atoms with E-state index < -0.39 is 0 Å². The number of likely N-dealkylation sites (tertiary alicyclic amines) is 1. The van der Waals surface area contributed by atoms with Crippen molar-refractivity contribution in [1.29, 1.82) is 0 Å². The summed E-state index contributed by atoms with van der Waals surface area (Å²) < 4.78 is 2.04. The Morgan fingerprint density at radius 1 is 1.31 bits per heavy atom.